The van der Waals surface area contributed by atoms with Crippen molar-refractivity contribution < 1.29 is 46.7 Å². The molecule has 2 aliphatic rings. The number of nitrogens with one attached hydrogen (secondary N) is 6. The third-order valence-electron chi connectivity index (χ3n) is 10.6. The van der Waals surface area contributed by atoms with Crippen molar-refractivity contribution in [3.8, 4) is 0 Å². The number of likely N-dealkylation sites (tertiary alicyclic amines) is 1. The zero-order chi connectivity index (χ0) is 53.0. The Hall–Kier alpha value is -4.74. The van der Waals surface area contributed by atoms with Gasteiger partial charge >= 0.3 is 12.2 Å². The molecule has 1 saturated carbocycles. The molecule has 0 aromatic rings. The van der Waals surface area contributed by atoms with Crippen molar-refractivity contribution in [2.24, 2.45) is 11.8 Å². The smallest absolute Gasteiger partial charge is 0.344 e. The molecule has 7 amide bonds. The van der Waals surface area contributed by atoms with Crippen molar-refractivity contribution in [2.45, 2.75) is 203 Å². The number of ketones is 1. The molecule has 2 rings (SSSR count). The number of hydrazine groups is 1. The Morgan fingerprint density at radius 1 is 0.853 bits per heavy atom. The molecule has 0 spiro atoms. The van der Waals surface area contributed by atoms with Crippen LogP contribution >= 0.6 is 0 Å². The maximum absolute atomic E-state index is 14.4. The molecule has 2 fully saturated rings. The fraction of sp³-hybridized carbons (Fsp3) is 0.740. The summed E-state index contributed by atoms with van der Waals surface area (Å²) in [5.74, 6) is -6.37. The summed E-state index contributed by atoms with van der Waals surface area (Å²) >= 11 is 0. The third kappa shape index (κ3) is 26.1. The van der Waals surface area contributed by atoms with E-state index in [1.807, 2.05) is 48.5 Å². The van der Waals surface area contributed by atoms with Crippen molar-refractivity contribution in [1.82, 2.24) is 41.9 Å². The minimum Gasteiger partial charge on any atom is -0.344 e. The first-order chi connectivity index (χ1) is 32.2. The Bertz CT molecular complexity index is 1550. The number of rotatable bonds is 21. The van der Waals surface area contributed by atoms with E-state index in [2.05, 4.69) is 66.3 Å². The van der Waals surface area contributed by atoms with Gasteiger partial charge in [-0.25, -0.2) is 10.2 Å². The van der Waals surface area contributed by atoms with Crippen LogP contribution in [0.25, 0.3) is 0 Å². The van der Waals surface area contributed by atoms with Gasteiger partial charge in [-0.1, -0.05) is 139 Å². The molecular weight excluding hydrogens is 882 g/mol. The van der Waals surface area contributed by atoms with Crippen LogP contribution in [0.3, 0.4) is 0 Å². The third-order valence-corrected chi connectivity index (χ3v) is 10.6. The second kappa shape index (κ2) is 39.1. The van der Waals surface area contributed by atoms with Crippen LogP contribution in [-0.2, 0) is 28.8 Å². The number of Topliss-reactive ketones (excluding diaryl/α,β-unsaturated/α-hetero) is 1. The Balaban J connectivity index is -0.00000389. The maximum Gasteiger partial charge on any atom is 0.389 e. The number of hydrogen-bond acceptors (Lipinski definition) is 8. The first-order valence-electron chi connectivity index (χ1n) is 25.0. The van der Waals surface area contributed by atoms with E-state index in [-0.39, 0.29) is 18.5 Å². The second-order valence-electron chi connectivity index (χ2n) is 16.3. The van der Waals surface area contributed by atoms with Gasteiger partial charge in [-0.3, -0.25) is 33.8 Å². The van der Waals surface area contributed by atoms with Crippen molar-refractivity contribution in [3.63, 3.8) is 0 Å². The highest BCUT2D eigenvalue weighted by Gasteiger charge is 2.46. The lowest BCUT2D eigenvalue weighted by Crippen LogP contribution is -2.60. The number of carbonyl (C=O) groups excluding carboxylic acids is 7. The van der Waals surface area contributed by atoms with E-state index in [1.54, 1.807) is 19.1 Å². The number of halogens is 3. The number of urea groups is 1. The van der Waals surface area contributed by atoms with Crippen molar-refractivity contribution in [1.29, 1.82) is 0 Å². The fourth-order valence-electron chi connectivity index (χ4n) is 7.29. The van der Waals surface area contributed by atoms with E-state index in [4.69, 9.17) is 0 Å². The summed E-state index contributed by atoms with van der Waals surface area (Å²) in [7, 11) is 2.90. The van der Waals surface area contributed by atoms with Crippen LogP contribution < -0.4 is 32.0 Å². The number of alkyl halides is 3. The molecule has 394 valence electrons. The van der Waals surface area contributed by atoms with Gasteiger partial charge in [0.2, 0.25) is 23.5 Å². The summed E-state index contributed by atoms with van der Waals surface area (Å²) in [6, 6.07) is -6.05. The number of carbonyl (C=O) groups is 7. The monoisotopic (exact) mass is 973 g/mol. The topological polar surface area (TPSA) is 198 Å². The van der Waals surface area contributed by atoms with E-state index in [0.29, 0.717) is 44.1 Å². The molecule has 5 unspecified atom stereocenters. The maximum atomic E-state index is 14.4. The molecule has 1 aliphatic heterocycles. The number of nitrogens with zero attached hydrogens (tertiary/aromatic N) is 2. The zero-order valence-corrected chi connectivity index (χ0v) is 44.1. The van der Waals surface area contributed by atoms with Crippen LogP contribution in [0, 0.1) is 11.8 Å². The fourth-order valence-corrected chi connectivity index (χ4v) is 7.29. The summed E-state index contributed by atoms with van der Waals surface area (Å²) in [6.07, 6.45) is 7.54. The largest absolute Gasteiger partial charge is 0.389 e. The van der Waals surface area contributed by atoms with Crippen LogP contribution in [0.2, 0.25) is 0 Å². The Morgan fingerprint density at radius 3 is 1.91 bits per heavy atom. The summed E-state index contributed by atoms with van der Waals surface area (Å²) in [5, 5.41) is 13.7. The predicted octanol–water partition coefficient (Wildman–Crippen LogP) is 8.21. The Labute approximate surface area is 407 Å². The first-order valence-corrected chi connectivity index (χ1v) is 25.0. The number of allylic oxidation sites excluding steroid dienone is 3. The lowest BCUT2D eigenvalue weighted by molar-refractivity contribution is -0.147. The Morgan fingerprint density at radius 2 is 1.43 bits per heavy atom. The SMILES string of the molecule is C=C/C=C(\C=C/C)C(NC(=O)CNC(=O)C(=O)C(CCC(F)(F)F)NC(=O)C1[C@@H](CCC)CCN1C(=O)C(NC(=O)NC(C)CC)C1CCCCC1)C(=O)N(C)NC.CC.CC.CCC.CCC. The van der Waals surface area contributed by atoms with E-state index in [9.17, 15) is 46.7 Å². The van der Waals surface area contributed by atoms with Crippen LogP contribution in [0.4, 0.5) is 18.0 Å². The van der Waals surface area contributed by atoms with Crippen molar-refractivity contribution in [2.75, 3.05) is 27.2 Å². The quantitative estimate of drug-likeness (QED) is 0.0376. The molecule has 0 aromatic carbocycles. The minimum atomic E-state index is -4.75. The van der Waals surface area contributed by atoms with Gasteiger partial charge in [0.05, 0.1) is 12.6 Å². The summed E-state index contributed by atoms with van der Waals surface area (Å²) in [6.45, 7) is 26.7. The van der Waals surface area contributed by atoms with E-state index < -0.39 is 97.0 Å². The lowest BCUT2D eigenvalue weighted by atomic mass is 9.83. The summed E-state index contributed by atoms with van der Waals surface area (Å²) < 4.78 is 40.5. The minimum absolute atomic E-state index is 0.140. The van der Waals surface area contributed by atoms with Crippen LogP contribution in [0.1, 0.15) is 167 Å². The molecule has 1 saturated heterocycles. The molecule has 15 nitrogen and oxygen atoms in total. The molecule has 6 atom stereocenters. The highest BCUT2D eigenvalue weighted by molar-refractivity contribution is 6.38. The van der Waals surface area contributed by atoms with E-state index in [0.717, 1.165) is 24.3 Å². The number of amides is 7. The highest BCUT2D eigenvalue weighted by atomic mass is 19.4. The van der Waals surface area contributed by atoms with Gasteiger partial charge in [-0.15, -0.1) is 0 Å². The van der Waals surface area contributed by atoms with Crippen LogP contribution in [-0.4, -0.2) is 115 Å². The van der Waals surface area contributed by atoms with E-state index in [1.165, 1.54) is 44.0 Å². The summed E-state index contributed by atoms with van der Waals surface area (Å²) in [5.41, 5.74) is 2.97. The number of likely N-dealkylation sites (N-methyl/N-ethyl adjacent to an activating group) is 1. The molecule has 1 heterocycles. The molecule has 0 radical (unpaired) electrons. The van der Waals surface area contributed by atoms with Gasteiger partial charge < -0.3 is 31.5 Å². The molecule has 0 bridgehead atoms. The van der Waals surface area contributed by atoms with Gasteiger partial charge in [0.1, 0.15) is 18.1 Å². The van der Waals surface area contributed by atoms with E-state index >= 15 is 0 Å². The van der Waals surface area contributed by atoms with Gasteiger partial charge in [0.25, 0.3) is 11.8 Å². The van der Waals surface area contributed by atoms with Crippen LogP contribution in [0.5, 0.6) is 0 Å². The first kappa shape index (κ1) is 67.5. The molecule has 0 aromatic heterocycles. The molecular formula is C50H91F3N8O7. The standard InChI is InChI=1S/C40H63F3N8O7.2C3H8.2C2H6/c1-8-15-26(16-9-2)31(37(56)50(7)44-6)48-30(52)24-45-36(55)34(53)29(20-22-40(41,42)43)47-35(54)33-28(17-10-3)21-23-51(33)38(57)32(27-18-13-12-14-19-27)49-39(58)46-25(5)11-4;2*1-3-2;2*1-2/h8-9,15-16,25,27-29,31-33,44H,1,10-14,17-24H2,2-7H3,(H,45,55)(H,47,54)(H,48,52)(H2,46,49,58);2*3H2,1-2H3;2*1-2H3/b16-9-,26-15+;;;;/t25?,28-,29?,31?,32?,33?;;;;/m0..../s1. The molecule has 6 N–H and O–H groups in total. The van der Waals surface area contributed by atoms with Crippen LogP contribution in [0.15, 0.2) is 36.5 Å². The highest BCUT2D eigenvalue weighted by Crippen LogP contribution is 2.33. The zero-order valence-electron chi connectivity index (χ0n) is 44.1. The summed E-state index contributed by atoms with van der Waals surface area (Å²) in [4.78, 5) is 95.5. The average molecular weight is 973 g/mol. The van der Waals surface area contributed by atoms with Crippen molar-refractivity contribution >= 4 is 41.4 Å². The molecule has 68 heavy (non-hydrogen) atoms. The van der Waals surface area contributed by atoms with Gasteiger partial charge in [-0.05, 0) is 69.8 Å². The lowest BCUT2D eigenvalue weighted by Gasteiger charge is -2.36. The van der Waals surface area contributed by atoms with Gasteiger partial charge in [-0.2, -0.15) is 13.2 Å². The van der Waals surface area contributed by atoms with Crippen molar-refractivity contribution in [3.05, 3.63) is 36.5 Å². The Kier molecular flexibility index (Phi) is 38.9. The second-order valence-corrected chi connectivity index (χ2v) is 16.3. The average Bonchev–Trinajstić information content (AvgIpc) is 3.75. The van der Waals surface area contributed by atoms with Gasteiger partial charge in [0, 0.05) is 33.1 Å². The normalized spacial score (nSPS) is 17.5. The molecule has 18 heteroatoms. The molecule has 1 aliphatic carbocycles. The van der Waals surface area contributed by atoms with Gasteiger partial charge in [0.15, 0.2) is 0 Å². The number of hydrogen-bond donors (Lipinski definition) is 6. The predicted molar refractivity (Wildman–Crippen MR) is 267 cm³/mol.